The van der Waals surface area contributed by atoms with Crippen LogP contribution in [0.4, 0.5) is 5.69 Å². The minimum absolute atomic E-state index is 0.317. The average molecular weight is 311 g/mol. The molecule has 1 heterocycles. The van der Waals surface area contributed by atoms with Crippen LogP contribution in [0.1, 0.15) is 5.56 Å². The third-order valence-corrected chi connectivity index (χ3v) is 3.48. The zero-order chi connectivity index (χ0) is 16.5. The molecule has 0 radical (unpaired) electrons. The highest BCUT2D eigenvalue weighted by molar-refractivity contribution is 5.48. The van der Waals surface area contributed by atoms with E-state index in [1.165, 1.54) is 0 Å². The highest BCUT2D eigenvalue weighted by Crippen LogP contribution is 2.18. The lowest BCUT2D eigenvalue weighted by atomic mass is 10.2. The summed E-state index contributed by atoms with van der Waals surface area (Å²) in [6, 6.07) is 14.7. The molecule has 4 heteroatoms. The van der Waals surface area contributed by atoms with Crippen molar-refractivity contribution in [3.05, 3.63) is 54.1 Å². The number of ether oxygens (including phenoxy) is 2. The predicted molar refractivity (Wildman–Crippen MR) is 92.1 cm³/mol. The molecule has 120 valence electrons. The van der Waals surface area contributed by atoms with Gasteiger partial charge < -0.3 is 19.5 Å². The summed E-state index contributed by atoms with van der Waals surface area (Å²) in [6.07, 6.45) is 5.15. The number of aromatic hydroxyl groups is 1. The van der Waals surface area contributed by atoms with Gasteiger partial charge in [0.1, 0.15) is 11.5 Å². The molecule has 1 fully saturated rings. The number of anilines is 1. The predicted octanol–water partition coefficient (Wildman–Crippen LogP) is 2.91. The van der Waals surface area contributed by atoms with Crippen LogP contribution in [0.5, 0.6) is 11.5 Å². The van der Waals surface area contributed by atoms with Crippen molar-refractivity contribution in [2.24, 2.45) is 0 Å². The minimum Gasteiger partial charge on any atom is -0.508 e. The SMILES string of the molecule is C#Cc1ccc(OC)cc1.Oc1ccc(N2CCOCC2)cc1. The fraction of sp³-hybridized carbons (Fsp3) is 0.263. The molecule has 2 aromatic rings. The van der Waals surface area contributed by atoms with Crippen molar-refractivity contribution in [3.63, 3.8) is 0 Å². The van der Waals surface area contributed by atoms with E-state index in [4.69, 9.17) is 21.0 Å². The van der Waals surface area contributed by atoms with Crippen LogP contribution in [-0.2, 0) is 4.74 Å². The van der Waals surface area contributed by atoms with Gasteiger partial charge in [0.15, 0.2) is 0 Å². The first-order valence-corrected chi connectivity index (χ1v) is 7.45. The molecular weight excluding hydrogens is 290 g/mol. The molecule has 1 N–H and O–H groups in total. The molecule has 1 aliphatic heterocycles. The Morgan fingerprint density at radius 2 is 1.65 bits per heavy atom. The van der Waals surface area contributed by atoms with Gasteiger partial charge in [-0.05, 0) is 48.5 Å². The van der Waals surface area contributed by atoms with E-state index in [0.29, 0.717) is 5.75 Å². The van der Waals surface area contributed by atoms with Gasteiger partial charge in [-0.25, -0.2) is 0 Å². The molecule has 0 amide bonds. The molecule has 0 atom stereocenters. The smallest absolute Gasteiger partial charge is 0.118 e. The van der Waals surface area contributed by atoms with E-state index in [1.54, 1.807) is 19.2 Å². The standard InChI is InChI=1S/C10H13NO2.C9H8O/c12-10-3-1-9(2-4-10)11-5-7-13-8-6-11;1-3-8-4-6-9(10-2)7-5-8/h1-4,12H,5-8H2;1,4-7H,2H3. The number of phenolic OH excluding ortho intramolecular Hbond substituents is 1. The number of hydrogen-bond acceptors (Lipinski definition) is 4. The Bertz CT molecular complexity index is 623. The normalized spacial score (nSPS) is 13.5. The number of nitrogens with zero attached hydrogens (tertiary/aromatic N) is 1. The number of morpholine rings is 1. The summed E-state index contributed by atoms with van der Waals surface area (Å²) >= 11 is 0. The molecule has 0 aliphatic carbocycles. The van der Waals surface area contributed by atoms with Crippen LogP contribution in [0.3, 0.4) is 0 Å². The Morgan fingerprint density at radius 3 is 2.17 bits per heavy atom. The number of methoxy groups -OCH3 is 1. The summed E-state index contributed by atoms with van der Waals surface area (Å²) < 4.78 is 10.2. The Kier molecular flexibility index (Phi) is 6.34. The Labute approximate surface area is 137 Å². The molecule has 0 spiro atoms. The van der Waals surface area contributed by atoms with Gasteiger partial charge in [0.25, 0.3) is 0 Å². The average Bonchev–Trinajstić information content (AvgIpc) is 2.64. The van der Waals surface area contributed by atoms with Crippen molar-refractivity contribution < 1.29 is 14.6 Å². The first kappa shape index (κ1) is 16.7. The summed E-state index contributed by atoms with van der Waals surface area (Å²) in [4.78, 5) is 2.25. The van der Waals surface area contributed by atoms with Gasteiger partial charge in [-0.15, -0.1) is 6.42 Å². The Balaban J connectivity index is 0.000000174. The maximum absolute atomic E-state index is 9.11. The van der Waals surface area contributed by atoms with Gasteiger partial charge in [-0.2, -0.15) is 0 Å². The van der Waals surface area contributed by atoms with E-state index >= 15 is 0 Å². The lowest BCUT2D eigenvalue weighted by Crippen LogP contribution is -2.36. The van der Waals surface area contributed by atoms with Crippen LogP contribution in [0.15, 0.2) is 48.5 Å². The third kappa shape index (κ3) is 5.24. The molecule has 3 rings (SSSR count). The van der Waals surface area contributed by atoms with Gasteiger partial charge in [0.05, 0.1) is 20.3 Å². The van der Waals surface area contributed by atoms with Gasteiger partial charge in [0, 0.05) is 24.3 Å². The van der Waals surface area contributed by atoms with E-state index in [1.807, 2.05) is 36.4 Å². The van der Waals surface area contributed by atoms with Crippen LogP contribution in [0, 0.1) is 12.3 Å². The lowest BCUT2D eigenvalue weighted by molar-refractivity contribution is 0.122. The van der Waals surface area contributed by atoms with Crippen LogP contribution in [0.2, 0.25) is 0 Å². The summed E-state index contributed by atoms with van der Waals surface area (Å²) in [7, 11) is 1.63. The minimum atomic E-state index is 0.317. The fourth-order valence-corrected chi connectivity index (χ4v) is 2.17. The molecule has 1 saturated heterocycles. The Morgan fingerprint density at radius 1 is 1.04 bits per heavy atom. The van der Waals surface area contributed by atoms with E-state index in [2.05, 4.69) is 10.8 Å². The molecule has 1 aliphatic rings. The molecule has 0 saturated carbocycles. The number of phenols is 1. The van der Waals surface area contributed by atoms with Gasteiger partial charge in [-0.1, -0.05) is 5.92 Å². The van der Waals surface area contributed by atoms with Crippen LogP contribution < -0.4 is 9.64 Å². The van der Waals surface area contributed by atoms with E-state index in [-0.39, 0.29) is 0 Å². The molecule has 2 aromatic carbocycles. The molecule has 0 bridgehead atoms. The van der Waals surface area contributed by atoms with Crippen molar-refractivity contribution in [1.29, 1.82) is 0 Å². The van der Waals surface area contributed by atoms with Crippen LogP contribution in [0.25, 0.3) is 0 Å². The van der Waals surface area contributed by atoms with E-state index < -0.39 is 0 Å². The first-order valence-electron chi connectivity index (χ1n) is 7.45. The summed E-state index contributed by atoms with van der Waals surface area (Å²) in [6.45, 7) is 3.46. The van der Waals surface area contributed by atoms with Crippen molar-refractivity contribution in [2.75, 3.05) is 38.3 Å². The molecule has 4 nitrogen and oxygen atoms in total. The number of hydrogen-bond donors (Lipinski definition) is 1. The third-order valence-electron chi connectivity index (χ3n) is 3.48. The summed E-state index contributed by atoms with van der Waals surface area (Å²) in [5.74, 6) is 3.67. The van der Waals surface area contributed by atoms with E-state index in [0.717, 1.165) is 43.3 Å². The van der Waals surface area contributed by atoms with Crippen molar-refractivity contribution >= 4 is 5.69 Å². The molecule has 0 aromatic heterocycles. The number of rotatable bonds is 2. The highest BCUT2D eigenvalue weighted by Gasteiger charge is 2.10. The second kappa shape index (κ2) is 8.72. The molecule has 0 unspecified atom stereocenters. The molecule has 23 heavy (non-hydrogen) atoms. The second-order valence-electron chi connectivity index (χ2n) is 4.99. The van der Waals surface area contributed by atoms with Crippen molar-refractivity contribution in [2.45, 2.75) is 0 Å². The largest absolute Gasteiger partial charge is 0.508 e. The fourth-order valence-electron chi connectivity index (χ4n) is 2.17. The van der Waals surface area contributed by atoms with Gasteiger partial charge >= 0.3 is 0 Å². The quantitative estimate of drug-likeness (QED) is 0.866. The van der Waals surface area contributed by atoms with E-state index in [9.17, 15) is 0 Å². The number of benzene rings is 2. The topological polar surface area (TPSA) is 41.9 Å². The van der Waals surface area contributed by atoms with Crippen molar-refractivity contribution in [3.8, 4) is 23.8 Å². The van der Waals surface area contributed by atoms with Gasteiger partial charge in [0.2, 0.25) is 0 Å². The monoisotopic (exact) mass is 311 g/mol. The molecular formula is C19H21NO3. The lowest BCUT2D eigenvalue weighted by Gasteiger charge is -2.28. The van der Waals surface area contributed by atoms with Crippen LogP contribution in [-0.4, -0.2) is 38.5 Å². The van der Waals surface area contributed by atoms with Gasteiger partial charge in [-0.3, -0.25) is 0 Å². The van der Waals surface area contributed by atoms with Crippen molar-refractivity contribution in [1.82, 2.24) is 0 Å². The second-order valence-corrected chi connectivity index (χ2v) is 4.99. The first-order chi connectivity index (χ1) is 11.2. The highest BCUT2D eigenvalue weighted by atomic mass is 16.5. The van der Waals surface area contributed by atoms with Crippen LogP contribution >= 0.6 is 0 Å². The summed E-state index contributed by atoms with van der Waals surface area (Å²) in [5, 5.41) is 9.11. The zero-order valence-corrected chi connectivity index (χ0v) is 13.2. The zero-order valence-electron chi connectivity index (χ0n) is 13.2. The number of terminal acetylenes is 1. The Hall–Kier alpha value is -2.64. The maximum Gasteiger partial charge on any atom is 0.118 e. The summed E-state index contributed by atoms with van der Waals surface area (Å²) in [5.41, 5.74) is 2.03. The maximum atomic E-state index is 9.11.